The van der Waals surface area contributed by atoms with Gasteiger partial charge in [-0.05, 0) is 86.3 Å². The molecule has 0 spiro atoms. The van der Waals surface area contributed by atoms with Gasteiger partial charge in [0.25, 0.3) is 0 Å². The number of hydrogen-bond donors (Lipinski definition) is 0. The molecule has 2 aliphatic carbocycles. The van der Waals surface area contributed by atoms with E-state index in [2.05, 4.69) is 26.0 Å². The molecule has 0 N–H and O–H groups in total. The predicted molar refractivity (Wildman–Crippen MR) is 142 cm³/mol. The van der Waals surface area contributed by atoms with Crippen LogP contribution in [0.2, 0.25) is 0 Å². The highest BCUT2D eigenvalue weighted by molar-refractivity contribution is 5.25. The number of unbranched alkanes of at least 4 members (excludes halogenated alkanes) is 4. The highest BCUT2D eigenvalue weighted by Gasteiger charge is 2.22. The summed E-state index contributed by atoms with van der Waals surface area (Å²) in [5.41, 5.74) is 3.68. The lowest BCUT2D eigenvalue weighted by atomic mass is 9.76. The highest BCUT2D eigenvalue weighted by atomic mass is 19.1. The summed E-state index contributed by atoms with van der Waals surface area (Å²) in [6.07, 6.45) is 27.6. The van der Waals surface area contributed by atoms with Gasteiger partial charge in [-0.25, -0.2) is 4.39 Å². The maximum Gasteiger partial charge on any atom is 0.126 e. The normalized spacial score (nSPS) is 23.5. The number of rotatable bonds is 14. The van der Waals surface area contributed by atoms with Crippen LogP contribution >= 0.6 is 0 Å². The summed E-state index contributed by atoms with van der Waals surface area (Å²) in [4.78, 5) is 0. The second kappa shape index (κ2) is 15.0. The van der Waals surface area contributed by atoms with Gasteiger partial charge in [-0.3, -0.25) is 0 Å². The first-order chi connectivity index (χ1) is 16.2. The number of hydrogen-bond acceptors (Lipinski definition) is 0. The van der Waals surface area contributed by atoms with Gasteiger partial charge < -0.3 is 0 Å². The molecular weight excluding hydrogens is 403 g/mol. The first-order valence-corrected chi connectivity index (χ1v) is 14.6. The molecule has 0 nitrogen and oxygen atoms in total. The largest absolute Gasteiger partial charge is 0.207 e. The van der Waals surface area contributed by atoms with E-state index in [0.717, 1.165) is 49.0 Å². The lowest BCUT2D eigenvalue weighted by Gasteiger charge is -2.30. The van der Waals surface area contributed by atoms with E-state index in [9.17, 15) is 4.39 Å². The third kappa shape index (κ3) is 9.58. The van der Waals surface area contributed by atoms with Crippen LogP contribution in [0.15, 0.2) is 29.8 Å². The zero-order valence-corrected chi connectivity index (χ0v) is 21.9. The molecule has 1 fully saturated rings. The molecule has 0 heterocycles. The molecular formula is C32H51F. The Kier molecular flexibility index (Phi) is 12.0. The molecule has 0 aromatic heterocycles. The van der Waals surface area contributed by atoms with Crippen molar-refractivity contribution in [2.24, 2.45) is 17.8 Å². The van der Waals surface area contributed by atoms with Crippen molar-refractivity contribution in [3.8, 4) is 0 Å². The zero-order chi connectivity index (χ0) is 23.3. The highest BCUT2D eigenvalue weighted by Crippen LogP contribution is 2.37. The summed E-state index contributed by atoms with van der Waals surface area (Å²) in [7, 11) is 0. The van der Waals surface area contributed by atoms with Crippen molar-refractivity contribution in [3.05, 3.63) is 46.8 Å². The van der Waals surface area contributed by atoms with E-state index in [-0.39, 0.29) is 5.82 Å². The van der Waals surface area contributed by atoms with Crippen LogP contribution < -0.4 is 0 Å². The van der Waals surface area contributed by atoms with E-state index < -0.39 is 0 Å². The third-order valence-electron chi connectivity index (χ3n) is 8.68. The van der Waals surface area contributed by atoms with Crippen molar-refractivity contribution in [3.63, 3.8) is 0 Å². The van der Waals surface area contributed by atoms with Gasteiger partial charge in [0, 0.05) is 0 Å². The second-order valence-corrected chi connectivity index (χ2v) is 11.3. The van der Waals surface area contributed by atoms with Gasteiger partial charge in [0.2, 0.25) is 0 Å². The van der Waals surface area contributed by atoms with Gasteiger partial charge in [0.1, 0.15) is 5.82 Å². The Hall–Kier alpha value is -1.11. The van der Waals surface area contributed by atoms with Crippen molar-refractivity contribution in [1.29, 1.82) is 0 Å². The Morgan fingerprint density at radius 1 is 0.727 bits per heavy atom. The molecule has 1 aromatic rings. The summed E-state index contributed by atoms with van der Waals surface area (Å²) in [5, 5.41) is 0. The van der Waals surface area contributed by atoms with Crippen molar-refractivity contribution in [2.75, 3.05) is 0 Å². The molecule has 1 aromatic carbocycles. The average molecular weight is 455 g/mol. The molecule has 0 amide bonds. The number of aryl methyl sites for hydroxylation is 2. The standard InChI is InChI=1S/C32H51F/c1-3-5-7-9-26-11-13-27(14-12-26)15-16-28-17-19-29(20-18-28)21-22-30-23-24-31(32(33)25-30)10-8-6-4-2/h19,23-28H,3-18,20-22H2,1-2H3. The topological polar surface area (TPSA) is 0 Å². The van der Waals surface area contributed by atoms with Crippen LogP contribution in [0, 0.1) is 23.6 Å². The van der Waals surface area contributed by atoms with Crippen LogP contribution in [-0.4, -0.2) is 0 Å². The molecule has 1 saturated carbocycles. The maximum atomic E-state index is 14.4. The van der Waals surface area contributed by atoms with Gasteiger partial charge in [-0.15, -0.1) is 0 Å². The molecule has 1 heteroatoms. The van der Waals surface area contributed by atoms with Crippen LogP contribution in [0.5, 0.6) is 0 Å². The quantitative estimate of drug-likeness (QED) is 0.194. The van der Waals surface area contributed by atoms with Gasteiger partial charge in [0.05, 0.1) is 0 Å². The molecule has 0 bridgehead atoms. The lowest BCUT2D eigenvalue weighted by molar-refractivity contribution is 0.234. The minimum absolute atomic E-state index is 0.0104. The molecule has 1 atom stereocenters. The van der Waals surface area contributed by atoms with Crippen molar-refractivity contribution in [1.82, 2.24) is 0 Å². The van der Waals surface area contributed by atoms with E-state index in [1.807, 2.05) is 6.07 Å². The Morgan fingerprint density at radius 3 is 2.09 bits per heavy atom. The number of benzene rings is 1. The summed E-state index contributed by atoms with van der Waals surface area (Å²) in [6, 6.07) is 5.99. The predicted octanol–water partition coefficient (Wildman–Crippen LogP) is 10.4. The molecule has 0 aliphatic heterocycles. The summed E-state index contributed by atoms with van der Waals surface area (Å²) in [6.45, 7) is 4.51. The van der Waals surface area contributed by atoms with E-state index in [1.165, 1.54) is 102 Å². The summed E-state index contributed by atoms with van der Waals surface area (Å²) < 4.78 is 14.4. The third-order valence-corrected chi connectivity index (χ3v) is 8.68. The number of allylic oxidation sites excluding steroid dienone is 2. The minimum Gasteiger partial charge on any atom is -0.207 e. The Morgan fingerprint density at radius 2 is 1.42 bits per heavy atom. The average Bonchev–Trinajstić information content (AvgIpc) is 2.84. The maximum absolute atomic E-state index is 14.4. The van der Waals surface area contributed by atoms with E-state index in [1.54, 1.807) is 11.6 Å². The molecule has 0 saturated heterocycles. The van der Waals surface area contributed by atoms with Crippen LogP contribution in [0.3, 0.4) is 0 Å². The summed E-state index contributed by atoms with van der Waals surface area (Å²) in [5.74, 6) is 2.98. The molecule has 2 aliphatic rings. The van der Waals surface area contributed by atoms with Gasteiger partial charge in [-0.2, -0.15) is 0 Å². The molecule has 33 heavy (non-hydrogen) atoms. The van der Waals surface area contributed by atoms with Crippen LogP contribution in [-0.2, 0) is 12.8 Å². The van der Waals surface area contributed by atoms with E-state index in [0.29, 0.717) is 0 Å². The monoisotopic (exact) mass is 454 g/mol. The Labute approximate surface area is 204 Å². The zero-order valence-electron chi connectivity index (χ0n) is 21.9. The second-order valence-electron chi connectivity index (χ2n) is 11.3. The van der Waals surface area contributed by atoms with Crippen molar-refractivity contribution >= 4 is 0 Å². The van der Waals surface area contributed by atoms with E-state index >= 15 is 0 Å². The van der Waals surface area contributed by atoms with Gasteiger partial charge >= 0.3 is 0 Å². The van der Waals surface area contributed by atoms with E-state index in [4.69, 9.17) is 0 Å². The van der Waals surface area contributed by atoms with Crippen molar-refractivity contribution < 1.29 is 4.39 Å². The Balaban J connectivity index is 1.31. The fraction of sp³-hybridized carbons (Fsp3) is 0.750. The Bertz CT molecular complexity index is 694. The summed E-state index contributed by atoms with van der Waals surface area (Å²) >= 11 is 0. The van der Waals surface area contributed by atoms with Crippen LogP contribution in [0.1, 0.15) is 134 Å². The van der Waals surface area contributed by atoms with Gasteiger partial charge in [-0.1, -0.05) is 108 Å². The molecule has 3 rings (SSSR count). The fourth-order valence-electron chi connectivity index (χ4n) is 6.21. The smallest absolute Gasteiger partial charge is 0.126 e. The van der Waals surface area contributed by atoms with Crippen LogP contribution in [0.4, 0.5) is 4.39 Å². The molecule has 1 unspecified atom stereocenters. The first-order valence-electron chi connectivity index (χ1n) is 14.6. The number of halogens is 1. The van der Waals surface area contributed by atoms with Gasteiger partial charge in [0.15, 0.2) is 0 Å². The molecule has 0 radical (unpaired) electrons. The van der Waals surface area contributed by atoms with Crippen molar-refractivity contribution in [2.45, 2.75) is 136 Å². The fourth-order valence-corrected chi connectivity index (χ4v) is 6.21. The van der Waals surface area contributed by atoms with Crippen LogP contribution in [0.25, 0.3) is 0 Å². The lowest BCUT2D eigenvalue weighted by Crippen LogP contribution is -2.16. The molecule has 186 valence electrons. The first kappa shape index (κ1) is 26.5. The minimum atomic E-state index is 0.0104. The SMILES string of the molecule is CCCCCc1ccc(CCC2=CCC(CCC3CCC(CCCCC)CC3)CC2)cc1F.